The van der Waals surface area contributed by atoms with Crippen molar-refractivity contribution in [1.82, 2.24) is 14.9 Å². The van der Waals surface area contributed by atoms with Gasteiger partial charge in [0.05, 0.1) is 18.3 Å². The summed E-state index contributed by atoms with van der Waals surface area (Å²) in [6, 6.07) is 11.1. The van der Waals surface area contributed by atoms with Gasteiger partial charge in [-0.2, -0.15) is 0 Å². The Morgan fingerprint density at radius 1 is 1.21 bits per heavy atom. The highest BCUT2D eigenvalue weighted by Crippen LogP contribution is 2.34. The van der Waals surface area contributed by atoms with E-state index < -0.39 is 0 Å². The van der Waals surface area contributed by atoms with Gasteiger partial charge in [-0.1, -0.05) is 24.8 Å². The molecule has 0 radical (unpaired) electrons. The van der Waals surface area contributed by atoms with Gasteiger partial charge in [-0.3, -0.25) is 9.59 Å². The second kappa shape index (κ2) is 9.28. The lowest BCUT2D eigenvalue weighted by molar-refractivity contribution is -0.126. The molecule has 1 fully saturated rings. The van der Waals surface area contributed by atoms with Crippen molar-refractivity contribution in [2.24, 2.45) is 0 Å². The lowest BCUT2D eigenvalue weighted by Gasteiger charge is -2.32. The molecule has 2 aromatic carbocycles. The maximum Gasteiger partial charge on any atom is 0.245 e. The van der Waals surface area contributed by atoms with E-state index in [4.69, 9.17) is 10.5 Å². The number of hydrogen-bond donors (Lipinski definition) is 2. The normalized spacial score (nSPS) is 14.2. The largest absolute Gasteiger partial charge is 0.495 e. The number of benzene rings is 2. The first kappa shape index (κ1) is 22.3. The number of likely N-dealkylation sites (tertiary alicyclic amines) is 1. The summed E-state index contributed by atoms with van der Waals surface area (Å²) in [6.07, 6.45) is 2.99. The van der Waals surface area contributed by atoms with E-state index in [1.165, 1.54) is 13.0 Å². The van der Waals surface area contributed by atoms with Crippen molar-refractivity contribution in [1.29, 1.82) is 0 Å². The molecule has 0 saturated carbocycles. The van der Waals surface area contributed by atoms with Gasteiger partial charge < -0.3 is 20.7 Å². The first-order chi connectivity index (χ1) is 15.9. The number of rotatable bonds is 6. The summed E-state index contributed by atoms with van der Waals surface area (Å²) in [4.78, 5) is 34.5. The van der Waals surface area contributed by atoms with E-state index >= 15 is 0 Å². The molecule has 3 aromatic rings. The Kier molecular flexibility index (Phi) is 6.26. The molecule has 1 aromatic heterocycles. The topological polar surface area (TPSA) is 110 Å². The van der Waals surface area contributed by atoms with Crippen molar-refractivity contribution in [2.45, 2.75) is 25.8 Å². The highest BCUT2D eigenvalue weighted by Gasteiger charge is 2.22. The number of hydrogen-bond acceptors (Lipinski definition) is 7. The number of ketones is 1. The summed E-state index contributed by atoms with van der Waals surface area (Å²) in [5, 5.41) is 4.24. The molecule has 4 rings (SSSR count). The number of nitrogens with zero attached hydrogens (tertiary/aromatic N) is 3. The highest BCUT2D eigenvalue weighted by atomic mass is 16.5. The van der Waals surface area contributed by atoms with Gasteiger partial charge in [-0.15, -0.1) is 0 Å². The summed E-state index contributed by atoms with van der Waals surface area (Å²) in [5.41, 5.74) is 9.08. The third-order valence-electron chi connectivity index (χ3n) is 5.91. The van der Waals surface area contributed by atoms with Crippen molar-refractivity contribution in [3.8, 4) is 17.1 Å². The Hall–Kier alpha value is -3.94. The van der Waals surface area contributed by atoms with Crippen LogP contribution < -0.4 is 15.8 Å². The van der Waals surface area contributed by atoms with Crippen LogP contribution >= 0.6 is 0 Å². The SMILES string of the molecule is C=CC(=O)N1CCC(Nc2cc3c(N)nc(-c4cccc(C(C)=O)c4)nc3cc2OC)CC1. The first-order valence-corrected chi connectivity index (χ1v) is 10.8. The number of amides is 1. The summed E-state index contributed by atoms with van der Waals surface area (Å²) in [5.74, 6) is 1.38. The molecule has 8 heteroatoms. The monoisotopic (exact) mass is 445 g/mol. The summed E-state index contributed by atoms with van der Waals surface area (Å²) in [7, 11) is 1.61. The van der Waals surface area contributed by atoms with Crippen LogP contribution in [0.3, 0.4) is 0 Å². The van der Waals surface area contributed by atoms with E-state index in [0.29, 0.717) is 46.9 Å². The number of nitrogens with two attached hydrogens (primary N) is 1. The number of aromatic nitrogens is 2. The molecule has 0 aliphatic carbocycles. The van der Waals surface area contributed by atoms with Crippen molar-refractivity contribution in [3.63, 3.8) is 0 Å². The number of methoxy groups -OCH3 is 1. The Morgan fingerprint density at radius 3 is 2.64 bits per heavy atom. The maximum atomic E-state index is 11.8. The van der Waals surface area contributed by atoms with Crippen LogP contribution in [0.5, 0.6) is 5.75 Å². The van der Waals surface area contributed by atoms with Crippen LogP contribution in [-0.2, 0) is 4.79 Å². The molecule has 1 aliphatic rings. The fourth-order valence-electron chi connectivity index (χ4n) is 4.06. The predicted molar refractivity (Wildman–Crippen MR) is 129 cm³/mol. The smallest absolute Gasteiger partial charge is 0.245 e. The van der Waals surface area contributed by atoms with Crippen molar-refractivity contribution in [3.05, 3.63) is 54.6 Å². The average Bonchev–Trinajstić information content (AvgIpc) is 2.84. The number of nitrogen functional groups attached to an aromatic ring is 1. The van der Waals surface area contributed by atoms with E-state index in [0.717, 1.165) is 24.1 Å². The molecular formula is C25H27N5O3. The molecule has 1 aliphatic heterocycles. The molecule has 8 nitrogen and oxygen atoms in total. The number of carbonyl (C=O) groups is 2. The molecule has 3 N–H and O–H groups in total. The highest BCUT2D eigenvalue weighted by molar-refractivity contribution is 5.96. The number of carbonyl (C=O) groups excluding carboxylic acids is 2. The number of piperidine rings is 1. The average molecular weight is 446 g/mol. The number of fused-ring (bicyclic) bond motifs is 1. The maximum absolute atomic E-state index is 11.8. The third-order valence-corrected chi connectivity index (χ3v) is 5.91. The van der Waals surface area contributed by atoms with E-state index in [-0.39, 0.29) is 17.7 Å². The zero-order chi connectivity index (χ0) is 23.5. The molecule has 2 heterocycles. The Bertz CT molecular complexity index is 1230. The molecule has 170 valence electrons. The Morgan fingerprint density at radius 2 is 1.97 bits per heavy atom. The summed E-state index contributed by atoms with van der Waals surface area (Å²) < 4.78 is 5.62. The van der Waals surface area contributed by atoms with Crippen LogP contribution in [0.15, 0.2) is 49.1 Å². The molecular weight excluding hydrogens is 418 g/mol. The predicted octanol–water partition coefficient (Wildman–Crippen LogP) is 3.68. The zero-order valence-electron chi connectivity index (χ0n) is 18.8. The van der Waals surface area contributed by atoms with Gasteiger partial charge in [-0.05, 0) is 38.0 Å². The summed E-state index contributed by atoms with van der Waals surface area (Å²) in [6.45, 7) is 6.43. The standard InChI is InChI=1S/C25H27N5O3/c1-4-23(32)30-10-8-18(9-11-30)27-21-13-19-20(14-22(21)33-3)28-25(29-24(19)26)17-7-5-6-16(12-17)15(2)31/h4-7,12-14,18,27H,1,8-11H2,2-3H3,(H2,26,28,29). The number of ether oxygens (including phenoxy) is 1. The number of Topliss-reactive ketones (excluding diaryl/α,β-unsaturated/α-hetero) is 1. The minimum atomic E-state index is -0.0358. The summed E-state index contributed by atoms with van der Waals surface area (Å²) >= 11 is 0. The quantitative estimate of drug-likeness (QED) is 0.440. The lowest BCUT2D eigenvalue weighted by atomic mass is 10.0. The van der Waals surface area contributed by atoms with Crippen LogP contribution in [0, 0.1) is 0 Å². The van der Waals surface area contributed by atoms with Gasteiger partial charge in [-0.25, -0.2) is 9.97 Å². The van der Waals surface area contributed by atoms with Crippen LogP contribution in [0.25, 0.3) is 22.3 Å². The molecule has 0 bridgehead atoms. The minimum absolute atomic E-state index is 0.0253. The zero-order valence-corrected chi connectivity index (χ0v) is 18.8. The van der Waals surface area contributed by atoms with E-state index in [1.807, 2.05) is 18.2 Å². The van der Waals surface area contributed by atoms with E-state index in [1.54, 1.807) is 30.2 Å². The van der Waals surface area contributed by atoms with Crippen LogP contribution in [0.4, 0.5) is 11.5 Å². The fourth-order valence-corrected chi connectivity index (χ4v) is 4.06. The van der Waals surface area contributed by atoms with Crippen molar-refractivity contribution >= 4 is 34.1 Å². The molecule has 33 heavy (non-hydrogen) atoms. The molecule has 0 atom stereocenters. The van der Waals surface area contributed by atoms with Gasteiger partial charge in [0.15, 0.2) is 11.6 Å². The van der Waals surface area contributed by atoms with Gasteiger partial charge in [0, 0.05) is 41.7 Å². The first-order valence-electron chi connectivity index (χ1n) is 10.8. The van der Waals surface area contributed by atoms with Gasteiger partial charge >= 0.3 is 0 Å². The second-order valence-electron chi connectivity index (χ2n) is 8.09. The lowest BCUT2D eigenvalue weighted by Crippen LogP contribution is -2.41. The van der Waals surface area contributed by atoms with Crippen molar-refractivity contribution in [2.75, 3.05) is 31.2 Å². The molecule has 0 spiro atoms. The van der Waals surface area contributed by atoms with Gasteiger partial charge in [0.25, 0.3) is 0 Å². The fraction of sp³-hybridized carbons (Fsp3) is 0.280. The van der Waals surface area contributed by atoms with E-state index in [2.05, 4.69) is 21.9 Å². The van der Waals surface area contributed by atoms with Gasteiger partial charge in [0.1, 0.15) is 11.6 Å². The van der Waals surface area contributed by atoms with Crippen LogP contribution in [-0.4, -0.2) is 52.8 Å². The second-order valence-corrected chi connectivity index (χ2v) is 8.09. The van der Waals surface area contributed by atoms with E-state index in [9.17, 15) is 9.59 Å². The van der Waals surface area contributed by atoms with Crippen LogP contribution in [0.2, 0.25) is 0 Å². The minimum Gasteiger partial charge on any atom is -0.495 e. The molecule has 0 unspecified atom stereocenters. The van der Waals surface area contributed by atoms with Crippen molar-refractivity contribution < 1.29 is 14.3 Å². The Labute approximate surface area is 192 Å². The van der Waals surface area contributed by atoms with Crippen LogP contribution in [0.1, 0.15) is 30.1 Å². The Balaban J connectivity index is 1.63. The third kappa shape index (κ3) is 4.64. The molecule has 1 saturated heterocycles. The number of anilines is 2. The number of nitrogens with one attached hydrogen (secondary N) is 1. The van der Waals surface area contributed by atoms with Gasteiger partial charge in [0.2, 0.25) is 5.91 Å². The molecule has 1 amide bonds.